The van der Waals surface area contributed by atoms with Gasteiger partial charge in [-0.1, -0.05) is 11.6 Å². The minimum atomic E-state index is -4.59. The number of nitriles is 1. The molecule has 0 aliphatic carbocycles. The van der Waals surface area contributed by atoms with Crippen molar-refractivity contribution in [3.05, 3.63) is 70.9 Å². The normalized spacial score (nSPS) is 11.4. The molecule has 0 bridgehead atoms. The van der Waals surface area contributed by atoms with E-state index in [0.717, 1.165) is 12.1 Å². The van der Waals surface area contributed by atoms with Crippen LogP contribution >= 0.6 is 11.6 Å². The zero-order valence-electron chi connectivity index (χ0n) is 15.3. The summed E-state index contributed by atoms with van der Waals surface area (Å²) in [5.74, 6) is 0.614. The van der Waals surface area contributed by atoms with Crippen molar-refractivity contribution in [1.29, 1.82) is 5.26 Å². The molecule has 1 heterocycles. The van der Waals surface area contributed by atoms with E-state index in [1.54, 1.807) is 42.5 Å². The SMILES string of the molecule is N#Cc1n[nH]nc1-c1cc(OC/C=C\COc2ccc(Cl)cc2)cc(C(F)(F)F)c1. The van der Waals surface area contributed by atoms with E-state index in [0.29, 0.717) is 10.8 Å². The summed E-state index contributed by atoms with van der Waals surface area (Å²) in [5.41, 5.74) is -0.947. The average molecular weight is 435 g/mol. The maximum absolute atomic E-state index is 13.2. The summed E-state index contributed by atoms with van der Waals surface area (Å²) >= 11 is 5.79. The Kier molecular flexibility index (Phi) is 6.59. The highest BCUT2D eigenvalue weighted by Crippen LogP contribution is 2.35. The van der Waals surface area contributed by atoms with E-state index in [1.165, 1.54) is 6.07 Å². The van der Waals surface area contributed by atoms with Gasteiger partial charge < -0.3 is 9.47 Å². The maximum atomic E-state index is 13.2. The first-order valence-corrected chi connectivity index (χ1v) is 8.94. The number of H-pyrrole nitrogens is 1. The van der Waals surface area contributed by atoms with Gasteiger partial charge in [0.05, 0.1) is 5.56 Å². The summed E-state index contributed by atoms with van der Waals surface area (Å²) in [6, 6.07) is 11.7. The summed E-state index contributed by atoms with van der Waals surface area (Å²) in [4.78, 5) is 0. The molecule has 0 saturated heterocycles. The molecular formula is C20H14ClF3N4O2. The van der Waals surface area contributed by atoms with E-state index in [2.05, 4.69) is 15.4 Å². The minimum Gasteiger partial charge on any atom is -0.490 e. The number of nitrogens with zero attached hydrogens (tertiary/aromatic N) is 3. The highest BCUT2D eigenvalue weighted by atomic mass is 35.5. The lowest BCUT2D eigenvalue weighted by molar-refractivity contribution is -0.137. The van der Waals surface area contributed by atoms with Gasteiger partial charge in [-0.2, -0.15) is 28.7 Å². The molecule has 0 atom stereocenters. The number of nitrogens with one attached hydrogen (secondary N) is 1. The third-order valence-electron chi connectivity index (χ3n) is 3.83. The van der Waals surface area contributed by atoms with Gasteiger partial charge >= 0.3 is 6.18 Å². The molecule has 0 aliphatic rings. The van der Waals surface area contributed by atoms with Gasteiger partial charge in [0.15, 0.2) is 5.69 Å². The van der Waals surface area contributed by atoms with Crippen LogP contribution in [0, 0.1) is 11.3 Å². The fourth-order valence-corrected chi connectivity index (χ4v) is 2.57. The predicted octanol–water partition coefficient (Wildman–Crippen LogP) is 5.03. The van der Waals surface area contributed by atoms with Gasteiger partial charge in [0.2, 0.25) is 0 Å². The van der Waals surface area contributed by atoms with Crippen LogP contribution in [-0.2, 0) is 6.18 Å². The molecular weight excluding hydrogens is 421 g/mol. The molecule has 0 aliphatic heterocycles. The van der Waals surface area contributed by atoms with Crippen LogP contribution in [0.25, 0.3) is 11.3 Å². The van der Waals surface area contributed by atoms with Gasteiger partial charge in [-0.05, 0) is 54.6 Å². The molecule has 0 saturated carbocycles. The first-order valence-electron chi connectivity index (χ1n) is 8.56. The van der Waals surface area contributed by atoms with Crippen LogP contribution in [0.3, 0.4) is 0 Å². The van der Waals surface area contributed by atoms with Crippen LogP contribution < -0.4 is 9.47 Å². The van der Waals surface area contributed by atoms with E-state index >= 15 is 0 Å². The second-order valence-electron chi connectivity index (χ2n) is 5.92. The lowest BCUT2D eigenvalue weighted by Crippen LogP contribution is -2.06. The van der Waals surface area contributed by atoms with Crippen LogP contribution in [0.1, 0.15) is 11.3 Å². The topological polar surface area (TPSA) is 83.8 Å². The van der Waals surface area contributed by atoms with Crippen molar-refractivity contribution in [3.8, 4) is 28.8 Å². The number of hydrogen-bond acceptors (Lipinski definition) is 5. The molecule has 3 aromatic rings. The average Bonchev–Trinajstić information content (AvgIpc) is 3.20. The minimum absolute atomic E-state index is 0.0142. The fraction of sp³-hybridized carbons (Fsp3) is 0.150. The molecule has 6 nitrogen and oxygen atoms in total. The van der Waals surface area contributed by atoms with Gasteiger partial charge in [-0.15, -0.1) is 5.10 Å². The van der Waals surface area contributed by atoms with Gasteiger partial charge in [0.25, 0.3) is 0 Å². The molecule has 2 aromatic carbocycles. The standard InChI is InChI=1S/C20H14ClF3N4O2/c21-15-3-5-16(6-4-15)29-7-1-2-8-30-17-10-13(9-14(11-17)20(22,23)24)19-18(12-25)26-28-27-19/h1-6,9-11H,7-8H2,(H,26,27,28)/b2-1-. The van der Waals surface area contributed by atoms with Crippen molar-refractivity contribution in [2.24, 2.45) is 0 Å². The van der Waals surface area contributed by atoms with E-state index in [9.17, 15) is 13.2 Å². The number of halogens is 4. The van der Waals surface area contributed by atoms with Crippen LogP contribution in [0.15, 0.2) is 54.6 Å². The van der Waals surface area contributed by atoms with Gasteiger partial charge in [0, 0.05) is 10.6 Å². The lowest BCUT2D eigenvalue weighted by atomic mass is 10.1. The molecule has 10 heteroatoms. The molecule has 1 N–H and O–H groups in total. The molecule has 30 heavy (non-hydrogen) atoms. The number of benzene rings is 2. The molecule has 0 amide bonds. The summed E-state index contributed by atoms with van der Waals surface area (Å²) in [6.45, 7) is 0.276. The van der Waals surface area contributed by atoms with E-state index in [-0.39, 0.29) is 35.9 Å². The van der Waals surface area contributed by atoms with Crippen LogP contribution in [0.2, 0.25) is 5.02 Å². The van der Waals surface area contributed by atoms with Crippen molar-refractivity contribution < 1.29 is 22.6 Å². The van der Waals surface area contributed by atoms with Crippen molar-refractivity contribution >= 4 is 11.6 Å². The number of hydrogen-bond donors (Lipinski definition) is 1. The first kappa shape index (κ1) is 21.2. The van der Waals surface area contributed by atoms with Crippen molar-refractivity contribution in [2.45, 2.75) is 6.18 Å². The van der Waals surface area contributed by atoms with E-state index in [1.807, 2.05) is 0 Å². The predicted molar refractivity (Wildman–Crippen MR) is 103 cm³/mol. The Morgan fingerprint density at radius 3 is 2.30 bits per heavy atom. The van der Waals surface area contributed by atoms with Crippen LogP contribution in [0.4, 0.5) is 13.2 Å². The third kappa shape index (κ3) is 5.52. The largest absolute Gasteiger partial charge is 0.490 e. The van der Waals surface area contributed by atoms with E-state index in [4.69, 9.17) is 26.3 Å². The Morgan fingerprint density at radius 1 is 1.00 bits per heavy atom. The quantitative estimate of drug-likeness (QED) is 0.527. The number of alkyl halides is 3. The van der Waals surface area contributed by atoms with E-state index < -0.39 is 11.7 Å². The van der Waals surface area contributed by atoms with Crippen LogP contribution in [-0.4, -0.2) is 28.6 Å². The molecule has 0 fully saturated rings. The van der Waals surface area contributed by atoms with Crippen molar-refractivity contribution in [3.63, 3.8) is 0 Å². The molecule has 0 spiro atoms. The highest BCUT2D eigenvalue weighted by Gasteiger charge is 2.32. The Labute approximate surface area is 174 Å². The molecule has 1 aromatic heterocycles. The molecule has 0 radical (unpaired) electrons. The highest BCUT2D eigenvalue weighted by molar-refractivity contribution is 6.30. The van der Waals surface area contributed by atoms with Gasteiger partial charge in [-0.25, -0.2) is 0 Å². The Morgan fingerprint density at radius 2 is 1.67 bits per heavy atom. The summed E-state index contributed by atoms with van der Waals surface area (Å²) in [7, 11) is 0. The smallest absolute Gasteiger partial charge is 0.416 e. The third-order valence-corrected chi connectivity index (χ3v) is 4.09. The zero-order valence-corrected chi connectivity index (χ0v) is 16.0. The monoisotopic (exact) mass is 434 g/mol. The Balaban J connectivity index is 1.67. The maximum Gasteiger partial charge on any atom is 0.416 e. The summed E-state index contributed by atoms with van der Waals surface area (Å²) in [5, 5.41) is 19.2. The van der Waals surface area contributed by atoms with Crippen molar-refractivity contribution in [2.75, 3.05) is 13.2 Å². The number of rotatable bonds is 7. The molecule has 0 unspecified atom stereocenters. The van der Waals surface area contributed by atoms with Crippen LogP contribution in [0.5, 0.6) is 11.5 Å². The zero-order chi connectivity index (χ0) is 21.6. The number of aromatic nitrogens is 3. The second-order valence-corrected chi connectivity index (χ2v) is 6.36. The molecule has 154 valence electrons. The Bertz CT molecular complexity index is 1070. The number of ether oxygens (including phenoxy) is 2. The lowest BCUT2D eigenvalue weighted by Gasteiger charge is -2.12. The molecule has 3 rings (SSSR count). The first-order chi connectivity index (χ1) is 14.4. The Hall–Kier alpha value is -3.51. The second kappa shape index (κ2) is 9.33. The van der Waals surface area contributed by atoms with Gasteiger partial charge in [0.1, 0.15) is 36.5 Å². The van der Waals surface area contributed by atoms with Crippen molar-refractivity contribution in [1.82, 2.24) is 15.4 Å². The number of aromatic amines is 1. The van der Waals surface area contributed by atoms with Gasteiger partial charge in [-0.3, -0.25) is 0 Å². The fourth-order valence-electron chi connectivity index (χ4n) is 2.45. The summed E-state index contributed by atoms with van der Waals surface area (Å²) < 4.78 is 50.6. The summed E-state index contributed by atoms with van der Waals surface area (Å²) in [6.07, 6.45) is -1.30.